The van der Waals surface area contributed by atoms with E-state index >= 15 is 0 Å². The molecule has 0 saturated carbocycles. The van der Waals surface area contributed by atoms with Crippen molar-refractivity contribution < 1.29 is 0 Å². The highest BCUT2D eigenvalue weighted by atomic mass is 15.4. The van der Waals surface area contributed by atoms with Gasteiger partial charge in [-0.25, -0.2) is 4.68 Å². The van der Waals surface area contributed by atoms with Gasteiger partial charge in [-0.1, -0.05) is 32.0 Å². The largest absolute Gasteiger partial charge is 0.350 e. The zero-order valence-corrected chi connectivity index (χ0v) is 19.4. The average Bonchev–Trinajstić information content (AvgIpc) is 3.48. The second-order valence-corrected chi connectivity index (χ2v) is 9.41. The molecule has 0 unspecified atom stereocenters. The summed E-state index contributed by atoms with van der Waals surface area (Å²) in [6, 6.07) is 10.1. The fourth-order valence-electron chi connectivity index (χ4n) is 4.23. The quantitative estimate of drug-likeness (QED) is 0.469. The van der Waals surface area contributed by atoms with Crippen molar-refractivity contribution in [2.24, 2.45) is 5.73 Å². The van der Waals surface area contributed by atoms with Gasteiger partial charge >= 0.3 is 0 Å². The van der Waals surface area contributed by atoms with Crippen LogP contribution in [0.3, 0.4) is 0 Å². The third-order valence-electron chi connectivity index (χ3n) is 6.37. The Labute approximate surface area is 193 Å². The van der Waals surface area contributed by atoms with Crippen LogP contribution in [0.5, 0.6) is 0 Å². The Kier molecular flexibility index (Phi) is 5.49. The summed E-state index contributed by atoms with van der Waals surface area (Å²) >= 11 is 0. The van der Waals surface area contributed by atoms with Crippen molar-refractivity contribution in [2.45, 2.75) is 51.6 Å². The SMILES string of the molecule is CC(C)c1cnn2c(NCc3ccccc3-n3cccn3)nc(N3CCC(C)(N)CC3)nc12. The van der Waals surface area contributed by atoms with Gasteiger partial charge in [-0.15, -0.1) is 0 Å². The Bertz CT molecular complexity index is 1230. The highest BCUT2D eigenvalue weighted by Gasteiger charge is 2.28. The normalized spacial score (nSPS) is 16.0. The van der Waals surface area contributed by atoms with E-state index in [4.69, 9.17) is 15.7 Å². The number of fused-ring (bicyclic) bond motifs is 1. The van der Waals surface area contributed by atoms with E-state index in [1.54, 1.807) is 6.20 Å². The molecule has 33 heavy (non-hydrogen) atoms. The lowest BCUT2D eigenvalue weighted by Crippen LogP contribution is -2.48. The third-order valence-corrected chi connectivity index (χ3v) is 6.37. The van der Waals surface area contributed by atoms with Gasteiger partial charge in [-0.05, 0) is 43.4 Å². The van der Waals surface area contributed by atoms with Gasteiger partial charge < -0.3 is 16.0 Å². The molecule has 3 N–H and O–H groups in total. The second-order valence-electron chi connectivity index (χ2n) is 9.41. The van der Waals surface area contributed by atoms with Gasteiger partial charge in [0.25, 0.3) is 0 Å². The lowest BCUT2D eigenvalue weighted by molar-refractivity contribution is 0.362. The molecule has 1 fully saturated rings. The molecule has 0 radical (unpaired) electrons. The number of rotatable bonds is 6. The van der Waals surface area contributed by atoms with Crippen LogP contribution in [0, 0.1) is 0 Å². The minimum atomic E-state index is -0.127. The fraction of sp³-hybridized carbons (Fsp3) is 0.417. The molecule has 9 nitrogen and oxygen atoms in total. The summed E-state index contributed by atoms with van der Waals surface area (Å²) in [6.45, 7) is 8.71. The predicted octanol–water partition coefficient (Wildman–Crippen LogP) is 3.36. The van der Waals surface area contributed by atoms with Crippen molar-refractivity contribution in [3.63, 3.8) is 0 Å². The smallest absolute Gasteiger partial charge is 0.230 e. The van der Waals surface area contributed by atoms with E-state index in [9.17, 15) is 0 Å². The van der Waals surface area contributed by atoms with Gasteiger partial charge in [-0.2, -0.15) is 24.7 Å². The van der Waals surface area contributed by atoms with Crippen LogP contribution in [0.1, 0.15) is 50.7 Å². The minimum absolute atomic E-state index is 0.127. The van der Waals surface area contributed by atoms with Gasteiger partial charge in [0.05, 0.1) is 11.9 Å². The number of nitrogens with zero attached hydrogens (tertiary/aromatic N) is 7. The molecular weight excluding hydrogens is 414 g/mol. The Morgan fingerprint density at radius 2 is 1.88 bits per heavy atom. The lowest BCUT2D eigenvalue weighted by Gasteiger charge is -2.36. The number of benzene rings is 1. The molecule has 0 amide bonds. The van der Waals surface area contributed by atoms with Crippen LogP contribution >= 0.6 is 0 Å². The number of aromatic nitrogens is 6. The second kappa shape index (κ2) is 8.47. The molecule has 9 heteroatoms. The van der Waals surface area contributed by atoms with Gasteiger partial charge in [-0.3, -0.25) is 0 Å². The Morgan fingerprint density at radius 3 is 2.61 bits per heavy atom. The van der Waals surface area contributed by atoms with Crippen molar-refractivity contribution >= 4 is 17.5 Å². The highest BCUT2D eigenvalue weighted by Crippen LogP contribution is 2.27. The molecule has 4 heterocycles. The molecule has 4 aromatic rings. The average molecular weight is 446 g/mol. The van der Waals surface area contributed by atoms with Gasteiger partial charge in [0, 0.05) is 43.1 Å². The molecule has 172 valence electrons. The third kappa shape index (κ3) is 4.28. The molecule has 0 bridgehead atoms. The predicted molar refractivity (Wildman–Crippen MR) is 130 cm³/mol. The first-order valence-electron chi connectivity index (χ1n) is 11.5. The van der Waals surface area contributed by atoms with Crippen LogP contribution in [-0.2, 0) is 6.54 Å². The van der Waals surface area contributed by atoms with E-state index < -0.39 is 0 Å². The van der Waals surface area contributed by atoms with Crippen LogP contribution in [-0.4, -0.2) is 48.0 Å². The van der Waals surface area contributed by atoms with E-state index in [-0.39, 0.29) is 5.54 Å². The standard InChI is InChI=1S/C24H31N9/c1-17(2)19-16-28-33-21(19)29-23(31-13-9-24(3,25)10-14-31)30-22(33)26-15-18-7-4-5-8-20(18)32-12-6-11-27-32/h4-8,11-12,16-17H,9-10,13-15,25H2,1-3H3,(H,26,29,30). The maximum atomic E-state index is 6.35. The van der Waals surface area contributed by atoms with E-state index in [2.05, 4.69) is 53.3 Å². The van der Waals surface area contributed by atoms with Crippen LogP contribution in [0.4, 0.5) is 11.9 Å². The first-order chi connectivity index (χ1) is 15.9. The maximum absolute atomic E-state index is 6.35. The fourth-order valence-corrected chi connectivity index (χ4v) is 4.23. The Balaban J connectivity index is 1.49. The summed E-state index contributed by atoms with van der Waals surface area (Å²) in [5.41, 5.74) is 10.3. The number of piperidine rings is 1. The molecule has 3 aromatic heterocycles. The van der Waals surface area contributed by atoms with Crippen molar-refractivity contribution in [3.05, 3.63) is 60.0 Å². The number of hydrogen-bond acceptors (Lipinski definition) is 7. The molecule has 0 aliphatic carbocycles. The van der Waals surface area contributed by atoms with Crippen LogP contribution in [0.15, 0.2) is 48.9 Å². The summed E-state index contributed by atoms with van der Waals surface area (Å²) in [7, 11) is 0. The van der Waals surface area contributed by atoms with E-state index in [1.807, 2.05) is 39.8 Å². The molecule has 1 saturated heterocycles. The van der Waals surface area contributed by atoms with Crippen molar-refractivity contribution in [3.8, 4) is 5.69 Å². The number of nitrogens with one attached hydrogen (secondary N) is 1. The van der Waals surface area contributed by atoms with Gasteiger partial charge in [0.1, 0.15) is 0 Å². The first-order valence-corrected chi connectivity index (χ1v) is 11.5. The summed E-state index contributed by atoms with van der Waals surface area (Å²) in [5.74, 6) is 1.72. The lowest BCUT2D eigenvalue weighted by atomic mass is 9.91. The van der Waals surface area contributed by atoms with Crippen molar-refractivity contribution in [2.75, 3.05) is 23.3 Å². The van der Waals surface area contributed by atoms with Gasteiger partial charge in [0.2, 0.25) is 11.9 Å². The topological polar surface area (TPSA) is 102 Å². The number of nitrogens with two attached hydrogens (primary N) is 1. The summed E-state index contributed by atoms with van der Waals surface area (Å²) in [6.07, 6.45) is 7.46. The zero-order valence-electron chi connectivity index (χ0n) is 19.4. The molecule has 5 rings (SSSR count). The van der Waals surface area contributed by atoms with E-state index in [0.717, 1.165) is 54.3 Å². The molecular formula is C24H31N9. The summed E-state index contributed by atoms with van der Waals surface area (Å²) in [5, 5.41) is 12.5. The summed E-state index contributed by atoms with van der Waals surface area (Å²) in [4.78, 5) is 12.0. The highest BCUT2D eigenvalue weighted by molar-refractivity contribution is 5.56. The molecule has 1 aliphatic heterocycles. The van der Waals surface area contributed by atoms with Crippen molar-refractivity contribution in [1.29, 1.82) is 0 Å². The number of anilines is 2. The van der Waals surface area contributed by atoms with Crippen LogP contribution in [0.2, 0.25) is 0 Å². The van der Waals surface area contributed by atoms with Gasteiger partial charge in [0.15, 0.2) is 5.65 Å². The monoisotopic (exact) mass is 445 g/mol. The van der Waals surface area contributed by atoms with Crippen LogP contribution in [0.25, 0.3) is 11.3 Å². The Morgan fingerprint density at radius 1 is 1.09 bits per heavy atom. The first kappa shape index (κ1) is 21.4. The van der Waals surface area contributed by atoms with E-state index in [0.29, 0.717) is 18.4 Å². The maximum Gasteiger partial charge on any atom is 0.230 e. The number of hydrogen-bond donors (Lipinski definition) is 2. The van der Waals surface area contributed by atoms with Crippen molar-refractivity contribution in [1.82, 2.24) is 29.4 Å². The zero-order chi connectivity index (χ0) is 23.0. The molecule has 1 aliphatic rings. The Hall–Kier alpha value is -3.46. The molecule has 0 spiro atoms. The van der Waals surface area contributed by atoms with E-state index in [1.165, 1.54) is 0 Å². The minimum Gasteiger partial charge on any atom is -0.350 e. The summed E-state index contributed by atoms with van der Waals surface area (Å²) < 4.78 is 3.69. The molecule has 0 atom stereocenters. The van der Waals surface area contributed by atoms with Crippen LogP contribution < -0.4 is 16.0 Å². The molecule has 1 aromatic carbocycles. The number of para-hydroxylation sites is 1.